The zero-order chi connectivity index (χ0) is 27.4. The van der Waals surface area contributed by atoms with Gasteiger partial charge in [0.15, 0.2) is 6.61 Å². The van der Waals surface area contributed by atoms with E-state index < -0.39 is 51.7 Å². The van der Waals surface area contributed by atoms with Crippen LogP contribution in [0.2, 0.25) is 0 Å². The van der Waals surface area contributed by atoms with E-state index in [1.165, 1.54) is 43.5 Å². The number of halogens is 6. The number of alkyl halides is 6. The highest BCUT2D eigenvalue weighted by atomic mass is 32.2. The number of benzene rings is 3. The second-order valence-corrected chi connectivity index (χ2v) is 9.12. The summed E-state index contributed by atoms with van der Waals surface area (Å²) in [5, 5.41) is 1.93. The van der Waals surface area contributed by atoms with Crippen LogP contribution >= 0.6 is 0 Å². The first-order valence-electron chi connectivity index (χ1n) is 10.2. The van der Waals surface area contributed by atoms with E-state index in [0.717, 1.165) is 0 Å². The Kier molecular flexibility index (Phi) is 7.91. The first kappa shape index (κ1) is 27.6. The lowest BCUT2D eigenvalue weighted by Gasteiger charge is -2.15. The number of rotatable bonds is 8. The van der Waals surface area contributed by atoms with Crippen molar-refractivity contribution >= 4 is 27.3 Å². The number of nitrogens with one attached hydrogen (secondary N) is 2. The second kappa shape index (κ2) is 10.6. The van der Waals surface area contributed by atoms with Gasteiger partial charge in [0.05, 0.1) is 28.8 Å². The third kappa shape index (κ3) is 7.52. The van der Waals surface area contributed by atoms with Crippen molar-refractivity contribution in [2.24, 2.45) is 0 Å². The van der Waals surface area contributed by atoms with Crippen LogP contribution in [-0.4, -0.2) is 28.0 Å². The van der Waals surface area contributed by atoms with Crippen LogP contribution < -0.4 is 19.5 Å². The van der Waals surface area contributed by atoms with Crippen molar-refractivity contribution in [1.29, 1.82) is 0 Å². The van der Waals surface area contributed by atoms with Crippen LogP contribution in [0, 0.1) is 0 Å². The molecule has 0 unspecified atom stereocenters. The van der Waals surface area contributed by atoms with Crippen LogP contribution in [0.25, 0.3) is 0 Å². The number of hydrogen-bond donors (Lipinski definition) is 2. The Hall–Kier alpha value is -3.94. The van der Waals surface area contributed by atoms with Gasteiger partial charge in [-0.15, -0.1) is 0 Å². The molecule has 3 aromatic rings. The number of sulfonamides is 1. The van der Waals surface area contributed by atoms with E-state index in [1.54, 1.807) is 12.1 Å². The fourth-order valence-electron chi connectivity index (χ4n) is 2.99. The third-order valence-corrected chi connectivity index (χ3v) is 6.09. The number of anilines is 2. The molecule has 3 rings (SSSR count). The van der Waals surface area contributed by atoms with Crippen LogP contribution in [0.3, 0.4) is 0 Å². The van der Waals surface area contributed by atoms with Gasteiger partial charge in [-0.1, -0.05) is 6.07 Å². The molecular weight excluding hydrogens is 530 g/mol. The highest BCUT2D eigenvalue weighted by Gasteiger charge is 2.37. The lowest BCUT2D eigenvalue weighted by Crippen LogP contribution is -2.21. The number of carbonyl (C=O) groups excluding carboxylic acids is 1. The van der Waals surface area contributed by atoms with E-state index in [2.05, 4.69) is 4.72 Å². The zero-order valence-corrected chi connectivity index (χ0v) is 19.6. The monoisotopic (exact) mass is 548 g/mol. The van der Waals surface area contributed by atoms with Crippen LogP contribution in [0.15, 0.2) is 71.6 Å². The molecule has 1 amide bonds. The van der Waals surface area contributed by atoms with Gasteiger partial charge in [-0.3, -0.25) is 9.52 Å². The van der Waals surface area contributed by atoms with Crippen molar-refractivity contribution < 1.29 is 49.0 Å². The molecule has 37 heavy (non-hydrogen) atoms. The summed E-state index contributed by atoms with van der Waals surface area (Å²) in [6.07, 6.45) is -10.1. The Morgan fingerprint density at radius 1 is 0.811 bits per heavy atom. The lowest BCUT2D eigenvalue weighted by molar-refractivity contribution is -0.143. The van der Waals surface area contributed by atoms with Gasteiger partial charge in [0.25, 0.3) is 15.9 Å². The summed E-state index contributed by atoms with van der Waals surface area (Å²) < 4.78 is 115. The first-order chi connectivity index (χ1) is 17.2. The molecule has 0 aromatic heterocycles. The van der Waals surface area contributed by atoms with E-state index in [4.69, 9.17) is 9.47 Å². The lowest BCUT2D eigenvalue weighted by atomic mass is 10.1. The molecule has 2 N–H and O–H groups in total. The molecule has 0 aliphatic carbocycles. The summed E-state index contributed by atoms with van der Waals surface area (Å²) in [6, 6.07) is 11.7. The molecule has 0 aliphatic rings. The van der Waals surface area contributed by atoms with Crippen molar-refractivity contribution in [3.8, 4) is 11.5 Å². The maximum Gasteiger partial charge on any atom is 0.416 e. The second-order valence-electron chi connectivity index (χ2n) is 7.44. The number of ether oxygens (including phenoxy) is 2. The predicted molar refractivity (Wildman–Crippen MR) is 121 cm³/mol. The van der Waals surface area contributed by atoms with E-state index in [-0.39, 0.29) is 22.4 Å². The summed E-state index contributed by atoms with van der Waals surface area (Å²) in [4.78, 5) is 11.9. The molecule has 0 aliphatic heterocycles. The van der Waals surface area contributed by atoms with Crippen molar-refractivity contribution in [3.63, 3.8) is 0 Å². The van der Waals surface area contributed by atoms with Crippen molar-refractivity contribution in [2.45, 2.75) is 17.2 Å². The minimum atomic E-state index is -5.07. The maximum absolute atomic E-state index is 13.0. The van der Waals surface area contributed by atoms with Gasteiger partial charge in [0.1, 0.15) is 11.5 Å². The maximum atomic E-state index is 13.0. The highest BCUT2D eigenvalue weighted by Crippen LogP contribution is 2.37. The standard InChI is InChI=1S/C23H18F6N2O5S/c1-35-19-4-2-3-16(12-19)31-37(33,34)20-7-5-18(6-8-20)36-13-21(32)30-17-10-14(22(24,25)26)9-15(11-17)23(27,28)29/h2-12,31H,13H2,1H3,(H,30,32). The van der Waals surface area contributed by atoms with Gasteiger partial charge in [0.2, 0.25) is 0 Å². The highest BCUT2D eigenvalue weighted by molar-refractivity contribution is 7.92. The van der Waals surface area contributed by atoms with E-state index in [1.807, 2.05) is 5.32 Å². The van der Waals surface area contributed by atoms with Gasteiger partial charge in [0, 0.05) is 11.8 Å². The van der Waals surface area contributed by atoms with Gasteiger partial charge >= 0.3 is 12.4 Å². The predicted octanol–water partition coefficient (Wildman–Crippen LogP) is 5.55. The fraction of sp³-hybridized carbons (Fsp3) is 0.174. The minimum Gasteiger partial charge on any atom is -0.497 e. The Labute approximate surface area is 207 Å². The van der Waals surface area contributed by atoms with Crippen molar-refractivity contribution in [3.05, 3.63) is 77.9 Å². The van der Waals surface area contributed by atoms with Crippen molar-refractivity contribution in [2.75, 3.05) is 23.8 Å². The number of amides is 1. The van der Waals surface area contributed by atoms with Crippen LogP contribution in [-0.2, 0) is 27.2 Å². The van der Waals surface area contributed by atoms with E-state index in [9.17, 15) is 39.6 Å². The number of carbonyl (C=O) groups is 1. The zero-order valence-electron chi connectivity index (χ0n) is 18.8. The molecule has 0 fully saturated rings. The minimum absolute atomic E-state index is 0.0236. The quantitative estimate of drug-likeness (QED) is 0.360. The van der Waals surface area contributed by atoms with Crippen molar-refractivity contribution in [1.82, 2.24) is 0 Å². The molecule has 0 bridgehead atoms. The Morgan fingerprint density at radius 3 is 1.95 bits per heavy atom. The largest absolute Gasteiger partial charge is 0.497 e. The smallest absolute Gasteiger partial charge is 0.416 e. The SMILES string of the molecule is COc1cccc(NS(=O)(=O)c2ccc(OCC(=O)Nc3cc(C(F)(F)F)cc(C(F)(F)F)c3)cc2)c1. The number of hydrogen-bond acceptors (Lipinski definition) is 5. The molecular formula is C23H18F6N2O5S. The molecule has 0 saturated carbocycles. The molecule has 0 radical (unpaired) electrons. The number of methoxy groups -OCH3 is 1. The molecule has 0 spiro atoms. The van der Waals surface area contributed by atoms with Crippen LogP contribution in [0.1, 0.15) is 11.1 Å². The Morgan fingerprint density at radius 2 is 1.41 bits per heavy atom. The summed E-state index contributed by atoms with van der Waals surface area (Å²) in [7, 11) is -2.56. The topological polar surface area (TPSA) is 93.7 Å². The van der Waals surface area contributed by atoms with Gasteiger partial charge in [-0.2, -0.15) is 26.3 Å². The Bertz CT molecular complexity index is 1340. The Balaban J connectivity index is 1.65. The van der Waals surface area contributed by atoms with Crippen LogP contribution in [0.4, 0.5) is 37.7 Å². The average Bonchev–Trinajstić information content (AvgIpc) is 2.81. The molecule has 14 heteroatoms. The molecule has 0 saturated heterocycles. The molecule has 3 aromatic carbocycles. The summed E-state index contributed by atoms with van der Waals surface area (Å²) in [6.45, 7) is -0.772. The fourth-order valence-corrected chi connectivity index (χ4v) is 4.04. The van der Waals surface area contributed by atoms with Gasteiger partial charge in [-0.25, -0.2) is 8.42 Å². The normalized spacial score (nSPS) is 12.1. The molecule has 0 heterocycles. The van der Waals surface area contributed by atoms with E-state index >= 15 is 0 Å². The first-order valence-corrected chi connectivity index (χ1v) is 11.6. The molecule has 7 nitrogen and oxygen atoms in total. The summed E-state index contributed by atoms with van der Waals surface area (Å²) in [5.74, 6) is -0.582. The van der Waals surface area contributed by atoms with Gasteiger partial charge in [-0.05, 0) is 54.6 Å². The summed E-state index contributed by atoms with van der Waals surface area (Å²) in [5.41, 5.74) is -3.64. The van der Waals surface area contributed by atoms with Crippen LogP contribution in [0.5, 0.6) is 11.5 Å². The van der Waals surface area contributed by atoms with E-state index in [0.29, 0.717) is 17.9 Å². The third-order valence-electron chi connectivity index (χ3n) is 4.70. The summed E-state index contributed by atoms with van der Waals surface area (Å²) >= 11 is 0. The molecule has 198 valence electrons. The molecule has 0 atom stereocenters. The van der Waals surface area contributed by atoms with Gasteiger partial charge < -0.3 is 14.8 Å². The average molecular weight is 548 g/mol.